The van der Waals surface area contributed by atoms with Crippen LogP contribution in [0.25, 0.3) is 0 Å². The fourth-order valence-electron chi connectivity index (χ4n) is 1.85. The van der Waals surface area contributed by atoms with Crippen LogP contribution in [0.3, 0.4) is 0 Å². The highest BCUT2D eigenvalue weighted by Gasteiger charge is 2.16. The zero-order valence-corrected chi connectivity index (χ0v) is 12.6. The average Bonchev–Trinajstić information content (AvgIpc) is 2.37. The van der Waals surface area contributed by atoms with Gasteiger partial charge >= 0.3 is 0 Å². The molecule has 2 heterocycles. The van der Waals surface area contributed by atoms with Crippen molar-refractivity contribution >= 4 is 27.4 Å². The lowest BCUT2D eigenvalue weighted by Gasteiger charge is -2.28. The van der Waals surface area contributed by atoms with Gasteiger partial charge in [-0.1, -0.05) is 11.8 Å². The van der Waals surface area contributed by atoms with Gasteiger partial charge in [0.2, 0.25) is 0 Å². The van der Waals surface area contributed by atoms with Gasteiger partial charge in [0, 0.05) is 25.4 Å². The summed E-state index contributed by atoms with van der Waals surface area (Å²) in [5, 5.41) is 0.600. The molecule has 19 heavy (non-hydrogen) atoms. The van der Waals surface area contributed by atoms with E-state index in [2.05, 4.69) is 14.9 Å². The van der Waals surface area contributed by atoms with Crippen LogP contribution in [0.2, 0.25) is 0 Å². The van der Waals surface area contributed by atoms with E-state index in [9.17, 15) is 8.42 Å². The first kappa shape index (κ1) is 14.5. The number of ether oxygens (including phenoxy) is 1. The minimum Gasteiger partial charge on any atom is -0.378 e. The summed E-state index contributed by atoms with van der Waals surface area (Å²) in [7, 11) is -3.09. The lowest BCUT2D eigenvalue weighted by atomic mass is 10.3. The largest absolute Gasteiger partial charge is 0.378 e. The van der Waals surface area contributed by atoms with Crippen molar-refractivity contribution in [2.24, 2.45) is 0 Å². The summed E-state index contributed by atoms with van der Waals surface area (Å²) in [5.74, 6) is 0.724. The molecule has 1 fully saturated rings. The predicted octanol–water partition coefficient (Wildman–Crippen LogP) is 0.580. The molecule has 0 radical (unpaired) electrons. The Labute approximate surface area is 117 Å². The quantitative estimate of drug-likeness (QED) is 0.595. The molecule has 0 atom stereocenters. The number of sulfone groups is 1. The molecule has 106 valence electrons. The van der Waals surface area contributed by atoms with Crippen LogP contribution in [0.15, 0.2) is 11.2 Å². The van der Waals surface area contributed by atoms with Gasteiger partial charge in [0.25, 0.3) is 0 Å². The van der Waals surface area contributed by atoms with Crippen LogP contribution in [0.1, 0.15) is 5.69 Å². The van der Waals surface area contributed by atoms with Crippen molar-refractivity contribution in [2.45, 2.75) is 10.9 Å². The maximum atomic E-state index is 11.4. The minimum absolute atomic E-state index is 0.0551. The molecule has 0 unspecified atom stereocenters. The molecule has 1 aromatic rings. The topological polar surface area (TPSA) is 72.4 Å². The molecular formula is C11H17N3O3S2. The first-order chi connectivity index (χ1) is 8.98. The maximum absolute atomic E-state index is 11.4. The summed E-state index contributed by atoms with van der Waals surface area (Å²) in [5.41, 5.74) is 0.545. The lowest BCUT2D eigenvalue weighted by molar-refractivity contribution is 0.122. The number of aromatic nitrogens is 2. The normalized spacial score (nSPS) is 16.6. The van der Waals surface area contributed by atoms with E-state index in [-0.39, 0.29) is 5.75 Å². The van der Waals surface area contributed by atoms with E-state index in [0.29, 0.717) is 24.1 Å². The Morgan fingerprint density at radius 2 is 2.05 bits per heavy atom. The van der Waals surface area contributed by atoms with Gasteiger partial charge in [-0.15, -0.1) is 0 Å². The van der Waals surface area contributed by atoms with Crippen molar-refractivity contribution in [3.05, 3.63) is 11.8 Å². The number of hydrogen-bond donors (Lipinski definition) is 0. The zero-order chi connectivity index (χ0) is 13.9. The molecule has 1 aromatic heterocycles. The smallest absolute Gasteiger partial charge is 0.189 e. The van der Waals surface area contributed by atoms with Crippen LogP contribution in [0.5, 0.6) is 0 Å². The molecule has 0 aromatic carbocycles. The molecular weight excluding hydrogens is 286 g/mol. The Morgan fingerprint density at radius 1 is 1.37 bits per heavy atom. The Kier molecular flexibility index (Phi) is 4.64. The lowest BCUT2D eigenvalue weighted by Crippen LogP contribution is -2.37. The van der Waals surface area contributed by atoms with E-state index in [1.54, 1.807) is 6.07 Å². The molecule has 0 bridgehead atoms. The number of rotatable bonds is 4. The number of hydrogen-bond acceptors (Lipinski definition) is 7. The maximum Gasteiger partial charge on any atom is 0.189 e. The molecule has 0 spiro atoms. The van der Waals surface area contributed by atoms with E-state index in [1.165, 1.54) is 18.0 Å². The molecule has 0 aliphatic carbocycles. The highest BCUT2D eigenvalue weighted by molar-refractivity contribution is 7.98. The molecule has 2 rings (SSSR count). The molecule has 0 saturated carbocycles. The van der Waals surface area contributed by atoms with Gasteiger partial charge in [0.05, 0.1) is 24.7 Å². The van der Waals surface area contributed by atoms with Crippen LogP contribution in [0.4, 0.5) is 5.82 Å². The number of nitrogens with zero attached hydrogens (tertiary/aromatic N) is 3. The summed E-state index contributed by atoms with van der Waals surface area (Å²) in [6, 6.07) is 1.76. The van der Waals surface area contributed by atoms with Crippen molar-refractivity contribution in [1.82, 2.24) is 9.97 Å². The second kappa shape index (κ2) is 6.06. The van der Waals surface area contributed by atoms with E-state index in [1.807, 2.05) is 6.26 Å². The summed E-state index contributed by atoms with van der Waals surface area (Å²) >= 11 is 1.41. The third-order valence-corrected chi connectivity index (χ3v) is 4.04. The molecule has 0 N–H and O–H groups in total. The molecule has 6 nitrogen and oxygen atoms in total. The Morgan fingerprint density at radius 3 is 2.63 bits per heavy atom. The molecule has 1 saturated heterocycles. The SMILES string of the molecule is CSc1nc(CS(C)(=O)=O)cc(N2CCOCC2)n1. The van der Waals surface area contributed by atoms with Crippen LogP contribution in [-0.4, -0.2) is 57.2 Å². The van der Waals surface area contributed by atoms with Crippen molar-refractivity contribution in [1.29, 1.82) is 0 Å². The number of anilines is 1. The van der Waals surface area contributed by atoms with Gasteiger partial charge in [-0.25, -0.2) is 18.4 Å². The Balaban J connectivity index is 2.29. The predicted molar refractivity (Wildman–Crippen MR) is 75.4 cm³/mol. The first-order valence-corrected chi connectivity index (χ1v) is 9.19. The molecule has 8 heteroatoms. The van der Waals surface area contributed by atoms with Crippen LogP contribution < -0.4 is 4.90 Å². The van der Waals surface area contributed by atoms with Crippen LogP contribution >= 0.6 is 11.8 Å². The van der Waals surface area contributed by atoms with E-state index < -0.39 is 9.84 Å². The van der Waals surface area contributed by atoms with Gasteiger partial charge in [0.15, 0.2) is 15.0 Å². The van der Waals surface area contributed by atoms with Gasteiger partial charge in [-0.05, 0) is 6.26 Å². The van der Waals surface area contributed by atoms with Crippen LogP contribution in [0, 0.1) is 0 Å². The van der Waals surface area contributed by atoms with E-state index >= 15 is 0 Å². The number of thioether (sulfide) groups is 1. The van der Waals surface area contributed by atoms with Crippen molar-refractivity contribution in [3.8, 4) is 0 Å². The van der Waals surface area contributed by atoms with Crippen molar-refractivity contribution in [2.75, 3.05) is 43.7 Å². The van der Waals surface area contributed by atoms with Crippen LogP contribution in [-0.2, 0) is 20.3 Å². The summed E-state index contributed by atoms with van der Waals surface area (Å²) < 4.78 is 28.1. The molecule has 1 aliphatic heterocycles. The van der Waals surface area contributed by atoms with Gasteiger partial charge in [-0.3, -0.25) is 0 Å². The van der Waals surface area contributed by atoms with Crippen molar-refractivity contribution in [3.63, 3.8) is 0 Å². The molecule has 0 amide bonds. The zero-order valence-electron chi connectivity index (χ0n) is 11.0. The average molecular weight is 303 g/mol. The van der Waals surface area contributed by atoms with E-state index in [0.717, 1.165) is 18.9 Å². The first-order valence-electron chi connectivity index (χ1n) is 5.90. The second-order valence-electron chi connectivity index (χ2n) is 4.37. The standard InChI is InChI=1S/C11H17N3O3S2/c1-18-11-12-9(8-19(2,15)16)7-10(13-11)14-3-5-17-6-4-14/h7H,3-6,8H2,1-2H3. The fraction of sp³-hybridized carbons (Fsp3) is 0.636. The fourth-order valence-corrected chi connectivity index (χ4v) is 2.93. The Hall–Kier alpha value is -0.860. The van der Waals surface area contributed by atoms with Crippen molar-refractivity contribution < 1.29 is 13.2 Å². The summed E-state index contributed by atoms with van der Waals surface area (Å²) in [6.07, 6.45) is 3.09. The van der Waals surface area contributed by atoms with Gasteiger partial charge in [-0.2, -0.15) is 0 Å². The highest BCUT2D eigenvalue weighted by Crippen LogP contribution is 2.19. The van der Waals surface area contributed by atoms with Gasteiger partial charge < -0.3 is 9.64 Å². The molecule has 1 aliphatic rings. The third-order valence-electron chi connectivity index (χ3n) is 2.67. The monoisotopic (exact) mass is 303 g/mol. The minimum atomic E-state index is -3.09. The third kappa shape index (κ3) is 4.32. The summed E-state index contributed by atoms with van der Waals surface area (Å²) in [6.45, 7) is 2.87. The number of morpholine rings is 1. The van der Waals surface area contributed by atoms with Gasteiger partial charge in [0.1, 0.15) is 5.82 Å². The summed E-state index contributed by atoms with van der Waals surface area (Å²) in [4.78, 5) is 10.8. The highest BCUT2D eigenvalue weighted by atomic mass is 32.2. The Bertz CT molecular complexity index is 542. The second-order valence-corrected chi connectivity index (χ2v) is 7.29. The van der Waals surface area contributed by atoms with E-state index in [4.69, 9.17) is 4.74 Å².